The molecule has 0 radical (unpaired) electrons. The van der Waals surface area contributed by atoms with E-state index in [0.29, 0.717) is 32.6 Å². The first kappa shape index (κ1) is 17.4. The summed E-state index contributed by atoms with van der Waals surface area (Å²) in [6, 6.07) is 11.4. The van der Waals surface area contributed by atoms with Crippen molar-refractivity contribution in [3.8, 4) is 16.3 Å². The first-order chi connectivity index (χ1) is 12.0. The normalized spacial score (nSPS) is 10.6. The number of hydrogen-bond acceptors (Lipinski definition) is 4. The summed E-state index contributed by atoms with van der Waals surface area (Å²) in [5.41, 5.74) is 1.55. The lowest BCUT2D eigenvalue weighted by atomic mass is 10.2. The highest BCUT2D eigenvalue weighted by atomic mass is 35.5. The lowest BCUT2D eigenvalue weighted by molar-refractivity contribution is -0.136. The molecule has 1 N–H and O–H groups in total. The van der Waals surface area contributed by atoms with Gasteiger partial charge in [-0.2, -0.15) is 0 Å². The minimum absolute atomic E-state index is 0.0642. The van der Waals surface area contributed by atoms with Crippen LogP contribution in [-0.4, -0.2) is 16.1 Å². The van der Waals surface area contributed by atoms with Crippen LogP contribution >= 0.6 is 22.9 Å². The van der Waals surface area contributed by atoms with Gasteiger partial charge in [-0.15, -0.1) is 11.3 Å². The number of aliphatic carboxylic acids is 1. The molecular weight excluding hydrogens is 365 g/mol. The van der Waals surface area contributed by atoms with Gasteiger partial charge in [-0.3, -0.25) is 4.79 Å². The number of aromatic nitrogens is 1. The average molecular weight is 378 g/mol. The number of rotatable bonds is 6. The predicted octanol–water partition coefficient (Wildman–Crippen LogP) is 4.81. The second-order valence-corrected chi connectivity index (χ2v) is 6.53. The van der Waals surface area contributed by atoms with E-state index in [1.165, 1.54) is 17.4 Å². The molecule has 0 aliphatic rings. The number of ether oxygens (including phenoxy) is 1. The lowest BCUT2D eigenvalue weighted by Gasteiger charge is -2.11. The molecule has 0 aliphatic carbocycles. The molecule has 2 aromatic carbocycles. The summed E-state index contributed by atoms with van der Waals surface area (Å²) in [6.07, 6.45) is -0.150. The van der Waals surface area contributed by atoms with Gasteiger partial charge in [0.2, 0.25) is 0 Å². The summed E-state index contributed by atoms with van der Waals surface area (Å²) in [6.45, 7) is 0.0642. The maximum Gasteiger partial charge on any atom is 0.309 e. The van der Waals surface area contributed by atoms with Crippen LogP contribution in [0.3, 0.4) is 0 Å². The largest absolute Gasteiger partial charge is 0.488 e. The summed E-state index contributed by atoms with van der Waals surface area (Å²) in [7, 11) is 0. The van der Waals surface area contributed by atoms with Crippen molar-refractivity contribution in [2.45, 2.75) is 13.0 Å². The van der Waals surface area contributed by atoms with Gasteiger partial charge in [0.05, 0.1) is 17.7 Å². The van der Waals surface area contributed by atoms with E-state index in [1.807, 2.05) is 0 Å². The van der Waals surface area contributed by atoms with Crippen LogP contribution in [0, 0.1) is 5.82 Å². The van der Waals surface area contributed by atoms with Gasteiger partial charge in [0.25, 0.3) is 0 Å². The van der Waals surface area contributed by atoms with Crippen LogP contribution < -0.4 is 4.74 Å². The van der Waals surface area contributed by atoms with Crippen molar-refractivity contribution < 1.29 is 19.0 Å². The number of halogens is 2. The third kappa shape index (κ3) is 4.35. The lowest BCUT2D eigenvalue weighted by Crippen LogP contribution is -2.01. The molecule has 4 nitrogen and oxygen atoms in total. The Morgan fingerprint density at radius 3 is 2.84 bits per heavy atom. The van der Waals surface area contributed by atoms with E-state index >= 15 is 0 Å². The van der Waals surface area contributed by atoms with Crippen LogP contribution in [0.2, 0.25) is 5.02 Å². The van der Waals surface area contributed by atoms with Crippen LogP contribution in [-0.2, 0) is 17.8 Å². The van der Waals surface area contributed by atoms with Gasteiger partial charge in [-0.25, -0.2) is 9.37 Å². The third-order valence-corrected chi connectivity index (χ3v) is 4.56. The zero-order valence-electron chi connectivity index (χ0n) is 12.9. The summed E-state index contributed by atoms with van der Waals surface area (Å²) >= 11 is 7.37. The van der Waals surface area contributed by atoms with Gasteiger partial charge < -0.3 is 9.84 Å². The summed E-state index contributed by atoms with van der Waals surface area (Å²) in [4.78, 5) is 15.1. The van der Waals surface area contributed by atoms with Crippen molar-refractivity contribution in [2.24, 2.45) is 0 Å². The highest BCUT2D eigenvalue weighted by molar-refractivity contribution is 7.13. The molecule has 1 aromatic heterocycles. The number of benzene rings is 2. The summed E-state index contributed by atoms with van der Waals surface area (Å²) in [5.74, 6) is -0.779. The molecular formula is C18H13ClFNO3S. The minimum Gasteiger partial charge on any atom is -0.488 e. The van der Waals surface area contributed by atoms with Crippen molar-refractivity contribution in [3.63, 3.8) is 0 Å². The SMILES string of the molecule is O=C(O)Cc1csc(-c2cc(Cl)ccc2OCc2ccccc2F)n1. The van der Waals surface area contributed by atoms with Crippen molar-refractivity contribution >= 4 is 28.9 Å². The average Bonchev–Trinajstić information content (AvgIpc) is 3.02. The van der Waals surface area contributed by atoms with Gasteiger partial charge in [-0.05, 0) is 24.3 Å². The van der Waals surface area contributed by atoms with Crippen LogP contribution in [0.1, 0.15) is 11.3 Å². The van der Waals surface area contributed by atoms with E-state index in [2.05, 4.69) is 4.98 Å². The Labute approximate surface area is 152 Å². The number of carbonyl (C=O) groups is 1. The van der Waals surface area contributed by atoms with Crippen LogP contribution in [0.25, 0.3) is 10.6 Å². The third-order valence-electron chi connectivity index (χ3n) is 3.40. The molecule has 0 amide bonds. The van der Waals surface area contributed by atoms with E-state index < -0.39 is 5.97 Å². The summed E-state index contributed by atoms with van der Waals surface area (Å²) in [5, 5.41) is 11.7. The molecule has 0 spiro atoms. The molecule has 0 bridgehead atoms. The van der Waals surface area contributed by atoms with Crippen molar-refractivity contribution in [2.75, 3.05) is 0 Å². The Morgan fingerprint density at radius 1 is 1.28 bits per heavy atom. The molecule has 0 atom stereocenters. The smallest absolute Gasteiger partial charge is 0.309 e. The van der Waals surface area contributed by atoms with Crippen LogP contribution in [0.4, 0.5) is 4.39 Å². The Kier molecular flexibility index (Phi) is 5.31. The topological polar surface area (TPSA) is 59.4 Å². The van der Waals surface area contributed by atoms with Crippen LogP contribution in [0.15, 0.2) is 47.8 Å². The van der Waals surface area contributed by atoms with E-state index in [0.717, 1.165) is 0 Å². The molecule has 3 rings (SSSR count). The van der Waals surface area contributed by atoms with Gasteiger partial charge in [-0.1, -0.05) is 29.8 Å². The zero-order chi connectivity index (χ0) is 17.8. The second kappa shape index (κ2) is 7.63. The molecule has 3 aromatic rings. The number of nitrogens with zero attached hydrogens (tertiary/aromatic N) is 1. The Balaban J connectivity index is 1.86. The fourth-order valence-electron chi connectivity index (χ4n) is 2.23. The maximum atomic E-state index is 13.7. The Bertz CT molecular complexity index is 913. The van der Waals surface area contributed by atoms with Gasteiger partial charge in [0, 0.05) is 16.0 Å². The minimum atomic E-state index is -0.945. The molecule has 1 heterocycles. The maximum absolute atomic E-state index is 13.7. The monoisotopic (exact) mass is 377 g/mol. The fraction of sp³-hybridized carbons (Fsp3) is 0.111. The fourth-order valence-corrected chi connectivity index (χ4v) is 3.25. The summed E-state index contributed by atoms with van der Waals surface area (Å²) < 4.78 is 19.5. The van der Waals surface area contributed by atoms with Crippen molar-refractivity contribution in [3.05, 3.63) is 69.9 Å². The first-order valence-corrected chi connectivity index (χ1v) is 8.61. The molecule has 128 valence electrons. The molecule has 0 fully saturated rings. The van der Waals surface area contributed by atoms with E-state index in [-0.39, 0.29) is 18.8 Å². The molecule has 0 aliphatic heterocycles. The Morgan fingerprint density at radius 2 is 2.08 bits per heavy atom. The van der Waals surface area contributed by atoms with Crippen molar-refractivity contribution in [1.82, 2.24) is 4.98 Å². The first-order valence-electron chi connectivity index (χ1n) is 7.35. The number of thiazole rings is 1. The van der Waals surface area contributed by atoms with E-state index in [1.54, 1.807) is 41.8 Å². The molecule has 0 saturated carbocycles. The van der Waals surface area contributed by atoms with E-state index in [9.17, 15) is 9.18 Å². The quantitative estimate of drug-likeness (QED) is 0.669. The van der Waals surface area contributed by atoms with Crippen molar-refractivity contribution in [1.29, 1.82) is 0 Å². The molecule has 0 saturated heterocycles. The van der Waals surface area contributed by atoms with Gasteiger partial charge in [0.1, 0.15) is 23.2 Å². The zero-order valence-corrected chi connectivity index (χ0v) is 14.5. The molecule has 25 heavy (non-hydrogen) atoms. The second-order valence-electron chi connectivity index (χ2n) is 5.24. The molecule has 0 unspecified atom stereocenters. The van der Waals surface area contributed by atoms with Crippen LogP contribution in [0.5, 0.6) is 5.75 Å². The Hall–Kier alpha value is -2.44. The van der Waals surface area contributed by atoms with Gasteiger partial charge >= 0.3 is 5.97 Å². The number of hydrogen-bond donors (Lipinski definition) is 1. The standard InChI is InChI=1S/C18H13ClFNO3S/c19-12-5-6-16(24-9-11-3-1-2-4-15(11)20)14(7-12)18-21-13(10-25-18)8-17(22)23/h1-7,10H,8-9H2,(H,22,23). The van der Waals surface area contributed by atoms with Gasteiger partial charge in [0.15, 0.2) is 0 Å². The highest BCUT2D eigenvalue weighted by Crippen LogP contribution is 2.35. The van der Waals surface area contributed by atoms with E-state index in [4.69, 9.17) is 21.4 Å². The predicted molar refractivity (Wildman–Crippen MR) is 94.6 cm³/mol. The highest BCUT2D eigenvalue weighted by Gasteiger charge is 2.14. The number of carboxylic acids is 1. The molecule has 7 heteroatoms. The number of carboxylic acid groups (broad SMARTS) is 1.